The third-order valence-corrected chi connectivity index (χ3v) is 5.26. The van der Waals surface area contributed by atoms with Crippen LogP contribution in [0.4, 0.5) is 11.5 Å². The number of ether oxygens (including phenoxy) is 1. The first kappa shape index (κ1) is 18.9. The molecule has 0 radical (unpaired) electrons. The monoisotopic (exact) mass is 390 g/mol. The maximum Gasteiger partial charge on any atom is 0.276 e. The van der Waals surface area contributed by atoms with Crippen molar-refractivity contribution in [3.63, 3.8) is 0 Å². The molecule has 0 fully saturated rings. The van der Waals surface area contributed by atoms with E-state index < -0.39 is 16.4 Å². The van der Waals surface area contributed by atoms with Gasteiger partial charge in [-0.05, 0) is 18.6 Å². The second-order valence-electron chi connectivity index (χ2n) is 5.97. The number of hydrogen-bond donors (Lipinski definition) is 2. The molecule has 1 atom stereocenters. The van der Waals surface area contributed by atoms with Crippen molar-refractivity contribution in [3.05, 3.63) is 49.8 Å². The molecule has 2 heterocycles. The van der Waals surface area contributed by atoms with Crippen molar-refractivity contribution in [1.82, 2.24) is 9.97 Å². The number of hydrogen-bond acceptors (Lipinski definition) is 7. The van der Waals surface area contributed by atoms with Crippen molar-refractivity contribution >= 4 is 29.2 Å². The molecule has 0 spiro atoms. The van der Waals surface area contributed by atoms with E-state index in [0.29, 0.717) is 10.9 Å². The number of methoxy groups -OCH3 is 1. The summed E-state index contributed by atoms with van der Waals surface area (Å²) in [5.74, 6) is 0.139. The molecule has 0 aliphatic carbocycles. The molecule has 1 aromatic carbocycles. The number of aromatic amines is 1. The van der Waals surface area contributed by atoms with Gasteiger partial charge in [0.05, 0.1) is 23.7 Å². The molecule has 3 rings (SSSR count). The average Bonchev–Trinajstić information content (AvgIpc) is 2.64. The number of fused-ring (bicyclic) bond motifs is 1. The SMILES string of the molecule is CCCSc1nc2c(c(=O)[nH]1)[C@@H](c1ccc(OC)cc1[N+](=O)[O-])CC(=O)N2. The Morgan fingerprint density at radius 1 is 1.41 bits per heavy atom. The lowest BCUT2D eigenvalue weighted by atomic mass is 9.86. The van der Waals surface area contributed by atoms with Crippen LogP contribution in [0, 0.1) is 10.1 Å². The molecule has 0 bridgehead atoms. The van der Waals surface area contributed by atoms with Crippen molar-refractivity contribution in [2.24, 2.45) is 0 Å². The normalized spacial score (nSPS) is 15.8. The lowest BCUT2D eigenvalue weighted by Crippen LogP contribution is -2.31. The quantitative estimate of drug-likeness (QED) is 0.336. The average molecular weight is 390 g/mol. The number of nitrogens with one attached hydrogen (secondary N) is 2. The van der Waals surface area contributed by atoms with Gasteiger partial charge in [0, 0.05) is 23.7 Å². The van der Waals surface area contributed by atoms with Gasteiger partial charge < -0.3 is 15.0 Å². The number of nitrogens with zero attached hydrogens (tertiary/aromatic N) is 2. The summed E-state index contributed by atoms with van der Waals surface area (Å²) in [4.78, 5) is 42.9. The highest BCUT2D eigenvalue weighted by atomic mass is 32.2. The smallest absolute Gasteiger partial charge is 0.276 e. The van der Waals surface area contributed by atoms with Crippen LogP contribution in [-0.2, 0) is 4.79 Å². The zero-order valence-corrected chi connectivity index (χ0v) is 15.6. The third kappa shape index (κ3) is 3.80. The molecule has 9 nitrogen and oxygen atoms in total. The Balaban J connectivity index is 2.13. The molecule has 10 heteroatoms. The van der Waals surface area contributed by atoms with Crippen LogP contribution in [0.15, 0.2) is 28.2 Å². The number of thioether (sulfide) groups is 1. The highest BCUT2D eigenvalue weighted by Gasteiger charge is 2.35. The Hall–Kier alpha value is -2.88. The van der Waals surface area contributed by atoms with Crippen LogP contribution in [0.3, 0.4) is 0 Å². The molecule has 2 aromatic rings. The maximum absolute atomic E-state index is 12.7. The van der Waals surface area contributed by atoms with Gasteiger partial charge in [-0.25, -0.2) is 4.98 Å². The lowest BCUT2D eigenvalue weighted by molar-refractivity contribution is -0.385. The summed E-state index contributed by atoms with van der Waals surface area (Å²) in [5, 5.41) is 14.5. The van der Waals surface area contributed by atoms with Gasteiger partial charge in [-0.1, -0.05) is 18.7 Å². The highest BCUT2D eigenvalue weighted by molar-refractivity contribution is 7.99. The summed E-state index contributed by atoms with van der Waals surface area (Å²) in [5.41, 5.74) is -0.112. The number of carbonyl (C=O) groups excluding carboxylic acids is 1. The van der Waals surface area contributed by atoms with Gasteiger partial charge >= 0.3 is 0 Å². The molecule has 1 amide bonds. The van der Waals surface area contributed by atoms with Crippen LogP contribution < -0.4 is 15.6 Å². The molecule has 27 heavy (non-hydrogen) atoms. The van der Waals surface area contributed by atoms with Crippen molar-refractivity contribution in [3.8, 4) is 5.75 Å². The van der Waals surface area contributed by atoms with Crippen LogP contribution >= 0.6 is 11.8 Å². The van der Waals surface area contributed by atoms with E-state index in [1.807, 2.05) is 6.92 Å². The lowest BCUT2D eigenvalue weighted by Gasteiger charge is -2.24. The fourth-order valence-corrected chi connectivity index (χ4v) is 3.70. The summed E-state index contributed by atoms with van der Waals surface area (Å²) in [6.45, 7) is 2.00. The second-order valence-corrected chi connectivity index (χ2v) is 7.05. The second kappa shape index (κ2) is 7.78. The van der Waals surface area contributed by atoms with Gasteiger partial charge in [-0.15, -0.1) is 0 Å². The predicted molar refractivity (Wildman–Crippen MR) is 101 cm³/mol. The Bertz CT molecular complexity index is 959. The Kier molecular flexibility index (Phi) is 5.45. The highest BCUT2D eigenvalue weighted by Crippen LogP contribution is 2.39. The van der Waals surface area contributed by atoms with E-state index >= 15 is 0 Å². The van der Waals surface area contributed by atoms with E-state index in [1.165, 1.54) is 31.0 Å². The number of benzene rings is 1. The summed E-state index contributed by atoms with van der Waals surface area (Å²) < 4.78 is 5.05. The predicted octanol–water partition coefficient (Wildman–Crippen LogP) is 2.66. The molecule has 0 saturated carbocycles. The van der Waals surface area contributed by atoms with Crippen molar-refractivity contribution in [1.29, 1.82) is 0 Å². The molecular formula is C17H18N4O5S. The first-order valence-corrected chi connectivity index (χ1v) is 9.32. The van der Waals surface area contributed by atoms with Crippen LogP contribution in [-0.4, -0.2) is 33.7 Å². The largest absolute Gasteiger partial charge is 0.497 e. The van der Waals surface area contributed by atoms with E-state index in [-0.39, 0.29) is 35.0 Å². The van der Waals surface area contributed by atoms with E-state index in [0.717, 1.165) is 12.2 Å². The number of nitro benzene ring substituents is 1. The molecular weight excluding hydrogens is 372 g/mol. The topological polar surface area (TPSA) is 127 Å². The van der Waals surface area contributed by atoms with Crippen LogP contribution in [0.1, 0.15) is 36.8 Å². The molecule has 1 aromatic heterocycles. The fourth-order valence-electron chi connectivity index (χ4n) is 2.99. The fraction of sp³-hybridized carbons (Fsp3) is 0.353. The van der Waals surface area contributed by atoms with E-state index in [2.05, 4.69) is 15.3 Å². The first-order valence-electron chi connectivity index (χ1n) is 8.33. The van der Waals surface area contributed by atoms with Gasteiger partial charge in [0.1, 0.15) is 11.6 Å². The first-order chi connectivity index (χ1) is 12.9. The molecule has 1 aliphatic heterocycles. The standard InChI is InChI=1S/C17H18N4O5S/c1-3-6-27-17-19-15-14(16(23)20-17)11(8-13(22)18-15)10-5-4-9(26-2)7-12(10)21(24)25/h4-5,7,11H,3,6,8H2,1-2H3,(H2,18,19,20,22,23)/t11-/m1/s1. The van der Waals surface area contributed by atoms with Gasteiger partial charge in [0.15, 0.2) is 5.16 Å². The van der Waals surface area contributed by atoms with Crippen molar-refractivity contribution in [2.75, 3.05) is 18.2 Å². The van der Waals surface area contributed by atoms with Crippen LogP contribution in [0.2, 0.25) is 0 Å². The summed E-state index contributed by atoms with van der Waals surface area (Å²) >= 11 is 1.38. The third-order valence-electron chi connectivity index (χ3n) is 4.18. The zero-order chi connectivity index (χ0) is 19.6. The van der Waals surface area contributed by atoms with Crippen LogP contribution in [0.5, 0.6) is 5.75 Å². The van der Waals surface area contributed by atoms with Gasteiger partial charge in [-0.2, -0.15) is 0 Å². The molecule has 142 valence electrons. The van der Waals surface area contributed by atoms with Crippen LogP contribution in [0.25, 0.3) is 0 Å². The van der Waals surface area contributed by atoms with Gasteiger partial charge in [0.25, 0.3) is 11.2 Å². The number of anilines is 1. The zero-order valence-electron chi connectivity index (χ0n) is 14.8. The minimum absolute atomic E-state index is 0.0770. The number of amides is 1. The Labute approximate surface area is 158 Å². The van der Waals surface area contributed by atoms with Crippen molar-refractivity contribution in [2.45, 2.75) is 30.8 Å². The Morgan fingerprint density at radius 2 is 2.19 bits per heavy atom. The summed E-state index contributed by atoms with van der Waals surface area (Å²) in [6, 6.07) is 4.37. The number of H-pyrrole nitrogens is 1. The number of aromatic nitrogens is 2. The van der Waals surface area contributed by atoms with Gasteiger partial charge in [-0.3, -0.25) is 19.7 Å². The summed E-state index contributed by atoms with van der Waals surface area (Å²) in [6.07, 6.45) is 0.824. The molecule has 0 unspecified atom stereocenters. The number of nitro groups is 1. The van der Waals surface area contributed by atoms with E-state index in [1.54, 1.807) is 6.07 Å². The molecule has 2 N–H and O–H groups in total. The van der Waals surface area contributed by atoms with Crippen molar-refractivity contribution < 1.29 is 14.5 Å². The van der Waals surface area contributed by atoms with E-state index in [9.17, 15) is 19.7 Å². The minimum atomic E-state index is -0.762. The number of rotatable bonds is 6. The van der Waals surface area contributed by atoms with Gasteiger partial charge in [0.2, 0.25) is 5.91 Å². The maximum atomic E-state index is 12.7. The molecule has 0 saturated heterocycles. The summed E-state index contributed by atoms with van der Waals surface area (Å²) in [7, 11) is 1.41. The Morgan fingerprint density at radius 3 is 2.85 bits per heavy atom. The minimum Gasteiger partial charge on any atom is -0.497 e. The molecule has 1 aliphatic rings. The number of carbonyl (C=O) groups is 1. The van der Waals surface area contributed by atoms with E-state index in [4.69, 9.17) is 4.74 Å².